The summed E-state index contributed by atoms with van der Waals surface area (Å²) >= 11 is 0. The van der Waals surface area contributed by atoms with Gasteiger partial charge in [-0.15, -0.1) is 0 Å². The topological polar surface area (TPSA) is 6.48 Å². The van der Waals surface area contributed by atoms with Crippen LogP contribution in [0, 0.1) is 5.92 Å². The summed E-state index contributed by atoms with van der Waals surface area (Å²) in [7, 11) is 0. The Hall–Kier alpha value is -0.500. The Kier molecular flexibility index (Phi) is 3.93. The Morgan fingerprint density at radius 3 is 2.78 bits per heavy atom. The van der Waals surface area contributed by atoms with Crippen LogP contribution in [0.25, 0.3) is 0 Å². The highest BCUT2D eigenvalue weighted by molar-refractivity contribution is 5.11. The molecule has 2 heterocycles. The molecule has 0 aromatic heterocycles. The summed E-state index contributed by atoms with van der Waals surface area (Å²) in [6.07, 6.45) is 12.3. The van der Waals surface area contributed by atoms with E-state index in [4.69, 9.17) is 0 Å². The van der Waals surface area contributed by atoms with E-state index in [2.05, 4.69) is 22.8 Å². The molecule has 0 N–H and O–H groups in total. The molecule has 0 radical (unpaired) electrons. The van der Waals surface area contributed by atoms with Gasteiger partial charge in [0, 0.05) is 24.8 Å². The van der Waals surface area contributed by atoms with E-state index in [0.717, 1.165) is 12.0 Å². The SMILES string of the molecule is CCCN1CCC[C@H]2CC(N3CCCC3)=CC[C@@H]21. The van der Waals surface area contributed by atoms with Crippen molar-refractivity contribution in [1.29, 1.82) is 0 Å². The van der Waals surface area contributed by atoms with Gasteiger partial charge in [-0.25, -0.2) is 0 Å². The van der Waals surface area contributed by atoms with Crippen molar-refractivity contribution < 1.29 is 0 Å². The highest BCUT2D eigenvalue weighted by atomic mass is 15.2. The van der Waals surface area contributed by atoms with Crippen molar-refractivity contribution in [2.45, 2.75) is 57.9 Å². The third-order valence-electron chi connectivity index (χ3n) is 5.12. The molecule has 2 nitrogen and oxygen atoms in total. The van der Waals surface area contributed by atoms with E-state index in [9.17, 15) is 0 Å². The molecule has 0 saturated carbocycles. The molecule has 0 bridgehead atoms. The van der Waals surface area contributed by atoms with Gasteiger partial charge in [-0.05, 0) is 64.0 Å². The number of likely N-dealkylation sites (tertiary alicyclic amines) is 2. The van der Waals surface area contributed by atoms with Crippen molar-refractivity contribution in [2.75, 3.05) is 26.2 Å². The van der Waals surface area contributed by atoms with Crippen LogP contribution in [-0.2, 0) is 0 Å². The van der Waals surface area contributed by atoms with Crippen LogP contribution in [0.3, 0.4) is 0 Å². The Morgan fingerprint density at radius 2 is 2.00 bits per heavy atom. The first kappa shape index (κ1) is 12.5. The largest absolute Gasteiger partial charge is 0.375 e. The fourth-order valence-corrected chi connectivity index (χ4v) is 4.23. The van der Waals surface area contributed by atoms with Crippen molar-refractivity contribution >= 4 is 0 Å². The lowest BCUT2D eigenvalue weighted by atomic mass is 9.80. The van der Waals surface area contributed by atoms with E-state index in [1.807, 2.05) is 0 Å². The zero-order valence-electron chi connectivity index (χ0n) is 11.9. The van der Waals surface area contributed by atoms with Crippen molar-refractivity contribution in [3.63, 3.8) is 0 Å². The second-order valence-corrected chi connectivity index (χ2v) is 6.34. The van der Waals surface area contributed by atoms with E-state index >= 15 is 0 Å². The van der Waals surface area contributed by atoms with Crippen LogP contribution in [0.15, 0.2) is 11.8 Å². The van der Waals surface area contributed by atoms with E-state index in [1.165, 1.54) is 71.1 Å². The molecule has 0 amide bonds. The highest BCUT2D eigenvalue weighted by Crippen LogP contribution is 2.37. The minimum absolute atomic E-state index is 0.866. The molecule has 2 atom stereocenters. The molecule has 2 fully saturated rings. The van der Waals surface area contributed by atoms with E-state index in [1.54, 1.807) is 5.70 Å². The van der Waals surface area contributed by atoms with Gasteiger partial charge in [-0.1, -0.05) is 13.0 Å². The van der Waals surface area contributed by atoms with Crippen LogP contribution in [0.1, 0.15) is 51.9 Å². The average molecular weight is 248 g/mol. The maximum absolute atomic E-state index is 2.77. The van der Waals surface area contributed by atoms with Crippen molar-refractivity contribution in [3.05, 3.63) is 11.8 Å². The van der Waals surface area contributed by atoms with E-state index in [0.29, 0.717) is 0 Å². The Labute approximate surface area is 112 Å². The number of hydrogen-bond donors (Lipinski definition) is 0. The lowest BCUT2D eigenvalue weighted by Crippen LogP contribution is -2.47. The molecule has 2 aliphatic heterocycles. The molecule has 0 aromatic carbocycles. The molecule has 102 valence electrons. The highest BCUT2D eigenvalue weighted by Gasteiger charge is 2.34. The predicted octanol–water partition coefficient (Wildman–Crippen LogP) is 3.25. The number of nitrogens with zero attached hydrogens (tertiary/aromatic N) is 2. The summed E-state index contributed by atoms with van der Waals surface area (Å²) < 4.78 is 0. The Bertz CT molecular complexity index is 302. The molecule has 1 aliphatic carbocycles. The second-order valence-electron chi connectivity index (χ2n) is 6.34. The summed E-state index contributed by atoms with van der Waals surface area (Å²) in [5.74, 6) is 0.950. The van der Waals surface area contributed by atoms with Gasteiger partial charge >= 0.3 is 0 Å². The Morgan fingerprint density at radius 1 is 1.17 bits per heavy atom. The first-order chi connectivity index (χ1) is 8.88. The molecule has 3 rings (SSSR count). The first-order valence-electron chi connectivity index (χ1n) is 8.06. The van der Waals surface area contributed by atoms with Crippen molar-refractivity contribution in [3.8, 4) is 0 Å². The standard InChI is InChI=1S/C16H28N2/c1-2-9-18-12-5-6-14-13-15(7-8-16(14)18)17-10-3-4-11-17/h7,14,16H,2-6,8-13H2,1H3/t14-,16-/m0/s1. The molecule has 0 spiro atoms. The van der Waals surface area contributed by atoms with Gasteiger partial charge in [-0.2, -0.15) is 0 Å². The molecule has 3 aliphatic rings. The van der Waals surface area contributed by atoms with Gasteiger partial charge in [0.2, 0.25) is 0 Å². The zero-order chi connectivity index (χ0) is 12.4. The first-order valence-corrected chi connectivity index (χ1v) is 8.06. The fraction of sp³-hybridized carbons (Fsp3) is 0.875. The molecule has 2 heteroatoms. The summed E-state index contributed by atoms with van der Waals surface area (Å²) in [6, 6.07) is 0.866. The van der Waals surface area contributed by atoms with Gasteiger partial charge in [-0.3, -0.25) is 4.90 Å². The number of piperidine rings is 1. The number of allylic oxidation sites excluding steroid dienone is 1. The van der Waals surface area contributed by atoms with Crippen LogP contribution in [0.5, 0.6) is 0 Å². The molecule has 2 saturated heterocycles. The minimum Gasteiger partial charge on any atom is -0.375 e. The van der Waals surface area contributed by atoms with Crippen LogP contribution >= 0.6 is 0 Å². The summed E-state index contributed by atoms with van der Waals surface area (Å²) in [5, 5.41) is 0. The van der Waals surface area contributed by atoms with Crippen LogP contribution in [-0.4, -0.2) is 42.0 Å². The lowest BCUT2D eigenvalue weighted by Gasteiger charge is -2.44. The maximum Gasteiger partial charge on any atom is 0.0175 e. The van der Waals surface area contributed by atoms with Gasteiger partial charge in [0.05, 0.1) is 0 Å². The van der Waals surface area contributed by atoms with Crippen LogP contribution < -0.4 is 0 Å². The third kappa shape index (κ3) is 2.45. The molecule has 0 aromatic rings. The smallest absolute Gasteiger partial charge is 0.0175 e. The summed E-state index contributed by atoms with van der Waals surface area (Å²) in [5.41, 5.74) is 1.69. The lowest BCUT2D eigenvalue weighted by molar-refractivity contribution is 0.0826. The van der Waals surface area contributed by atoms with Crippen LogP contribution in [0.2, 0.25) is 0 Å². The van der Waals surface area contributed by atoms with Gasteiger partial charge in [0.25, 0.3) is 0 Å². The van der Waals surface area contributed by atoms with Gasteiger partial charge in [0.15, 0.2) is 0 Å². The van der Waals surface area contributed by atoms with Crippen molar-refractivity contribution in [1.82, 2.24) is 9.80 Å². The molecular formula is C16H28N2. The minimum atomic E-state index is 0.866. The zero-order valence-corrected chi connectivity index (χ0v) is 11.9. The number of fused-ring (bicyclic) bond motifs is 1. The predicted molar refractivity (Wildman–Crippen MR) is 76.5 cm³/mol. The number of hydrogen-bond acceptors (Lipinski definition) is 2. The third-order valence-corrected chi connectivity index (χ3v) is 5.12. The summed E-state index contributed by atoms with van der Waals surface area (Å²) in [6.45, 7) is 7.62. The normalized spacial score (nSPS) is 33.4. The molecular weight excluding hydrogens is 220 g/mol. The maximum atomic E-state index is 2.77. The van der Waals surface area contributed by atoms with Crippen molar-refractivity contribution in [2.24, 2.45) is 5.92 Å². The van der Waals surface area contributed by atoms with Crippen LogP contribution in [0.4, 0.5) is 0 Å². The monoisotopic (exact) mass is 248 g/mol. The number of rotatable bonds is 3. The average Bonchev–Trinajstić information content (AvgIpc) is 2.93. The van der Waals surface area contributed by atoms with Gasteiger partial charge < -0.3 is 4.90 Å². The van der Waals surface area contributed by atoms with E-state index in [-0.39, 0.29) is 0 Å². The summed E-state index contributed by atoms with van der Waals surface area (Å²) in [4.78, 5) is 5.43. The Balaban J connectivity index is 1.66. The molecule has 0 unspecified atom stereocenters. The van der Waals surface area contributed by atoms with Gasteiger partial charge in [0.1, 0.15) is 0 Å². The van der Waals surface area contributed by atoms with E-state index < -0.39 is 0 Å². The second kappa shape index (κ2) is 5.64. The molecule has 18 heavy (non-hydrogen) atoms. The quantitative estimate of drug-likeness (QED) is 0.756. The fourth-order valence-electron chi connectivity index (χ4n) is 4.23.